The Labute approximate surface area is 174 Å². The molecule has 0 saturated heterocycles. The van der Waals surface area contributed by atoms with Gasteiger partial charge in [-0.15, -0.1) is 0 Å². The third kappa shape index (κ3) is 4.18. The second kappa shape index (κ2) is 8.79. The van der Waals surface area contributed by atoms with Gasteiger partial charge in [-0.25, -0.2) is 0 Å². The zero-order valence-electron chi connectivity index (χ0n) is 16.7. The average molecular weight is 408 g/mol. The lowest BCUT2D eigenvalue weighted by molar-refractivity contribution is -0.114. The highest BCUT2D eigenvalue weighted by Crippen LogP contribution is 2.36. The number of benzene rings is 2. The van der Waals surface area contributed by atoms with E-state index < -0.39 is 5.91 Å². The molecular formula is C22H24N4O4. The first-order valence-electron chi connectivity index (χ1n) is 9.39. The maximum atomic E-state index is 12.9. The summed E-state index contributed by atoms with van der Waals surface area (Å²) < 4.78 is 4.95. The van der Waals surface area contributed by atoms with Gasteiger partial charge in [0.25, 0.3) is 11.8 Å². The molecule has 1 aliphatic heterocycles. The molecule has 5 N–H and O–H groups in total. The summed E-state index contributed by atoms with van der Waals surface area (Å²) in [7, 11) is 1.57. The topological polar surface area (TPSA) is 128 Å². The number of methoxy groups -OCH3 is 1. The Bertz CT molecular complexity index is 1030. The molecule has 0 unspecified atom stereocenters. The maximum absolute atomic E-state index is 12.9. The van der Waals surface area contributed by atoms with Gasteiger partial charge in [0.15, 0.2) is 0 Å². The van der Waals surface area contributed by atoms with Crippen molar-refractivity contribution < 1.29 is 19.1 Å². The predicted molar refractivity (Wildman–Crippen MR) is 114 cm³/mol. The van der Waals surface area contributed by atoms with E-state index in [1.165, 1.54) is 4.90 Å². The number of primary amides is 1. The summed E-state index contributed by atoms with van der Waals surface area (Å²) in [6.07, 6.45) is 0. The normalized spacial score (nSPS) is 12.6. The lowest BCUT2D eigenvalue weighted by Crippen LogP contribution is -2.30. The average Bonchev–Trinajstić information content (AvgIpc) is 3.05. The molecule has 0 aromatic heterocycles. The van der Waals surface area contributed by atoms with Crippen LogP contribution in [0.2, 0.25) is 0 Å². The third-order valence-corrected chi connectivity index (χ3v) is 4.95. The van der Waals surface area contributed by atoms with Gasteiger partial charge in [0.05, 0.1) is 18.7 Å². The monoisotopic (exact) mass is 408 g/mol. The van der Waals surface area contributed by atoms with E-state index in [-0.39, 0.29) is 30.5 Å². The van der Waals surface area contributed by atoms with Crippen LogP contribution < -0.4 is 16.8 Å². The van der Waals surface area contributed by atoms with Crippen LogP contribution in [0.15, 0.2) is 48.6 Å². The quantitative estimate of drug-likeness (QED) is 0.345. The maximum Gasteiger partial charge on any atom is 0.256 e. The molecular weight excluding hydrogens is 384 g/mol. The van der Waals surface area contributed by atoms with Gasteiger partial charge in [0.1, 0.15) is 0 Å². The molecule has 0 fully saturated rings. The second-order valence-corrected chi connectivity index (χ2v) is 7.01. The zero-order chi connectivity index (χ0) is 21.8. The highest BCUT2D eigenvalue weighted by Gasteiger charge is 2.32. The Morgan fingerprint density at radius 3 is 2.73 bits per heavy atom. The number of hydrogen-bond donors (Lipinski definition) is 3. The fraction of sp³-hybridized carbons (Fsp3) is 0.227. The molecule has 1 aliphatic rings. The highest BCUT2D eigenvalue weighted by atomic mass is 16.5. The Morgan fingerprint density at radius 2 is 2.03 bits per heavy atom. The molecule has 3 rings (SSSR count). The van der Waals surface area contributed by atoms with E-state index >= 15 is 0 Å². The van der Waals surface area contributed by atoms with Crippen LogP contribution in [0.5, 0.6) is 0 Å². The number of ether oxygens (including phenoxy) is 1. The summed E-state index contributed by atoms with van der Waals surface area (Å²) in [4.78, 5) is 38.1. The molecule has 0 atom stereocenters. The van der Waals surface area contributed by atoms with Crippen molar-refractivity contribution in [2.45, 2.75) is 6.54 Å². The number of amides is 3. The van der Waals surface area contributed by atoms with Crippen LogP contribution >= 0.6 is 0 Å². The Morgan fingerprint density at radius 1 is 1.27 bits per heavy atom. The Hall–Kier alpha value is -3.65. The number of nitrogen functional groups attached to an aromatic ring is 1. The fourth-order valence-corrected chi connectivity index (χ4v) is 3.41. The van der Waals surface area contributed by atoms with Crippen LogP contribution in [0.4, 0.5) is 5.69 Å². The minimum absolute atomic E-state index is 0.0314. The molecule has 8 nitrogen and oxygen atoms in total. The molecule has 8 heteroatoms. The summed E-state index contributed by atoms with van der Waals surface area (Å²) in [6, 6.07) is 10.6. The largest absolute Gasteiger partial charge is 0.398 e. The van der Waals surface area contributed by atoms with Crippen LogP contribution in [0, 0.1) is 0 Å². The number of hydrogen-bond acceptors (Lipinski definition) is 5. The molecule has 0 bridgehead atoms. The van der Waals surface area contributed by atoms with Crippen molar-refractivity contribution in [3.05, 3.63) is 65.2 Å². The minimum atomic E-state index is -0.654. The van der Waals surface area contributed by atoms with E-state index in [2.05, 4.69) is 11.9 Å². The summed E-state index contributed by atoms with van der Waals surface area (Å²) in [5.74, 6) is -1.14. The number of nitrogens with two attached hydrogens (primary N) is 2. The van der Waals surface area contributed by atoms with Gasteiger partial charge in [0.2, 0.25) is 5.91 Å². The standard InChI is InChI=1S/C22H24N4O4/c1-13(20(24)27)11-26-12-17-16(6-7-18(23)19(17)22(26)29)14-4-3-5-15(10-14)21(28)25-8-9-30-2/h3-7,10H,1,8-9,11-12,23H2,2H3,(H2,24,27)(H,25,28). The molecule has 0 aliphatic carbocycles. The van der Waals surface area contributed by atoms with Gasteiger partial charge in [-0.1, -0.05) is 24.8 Å². The number of carbonyl (C=O) groups excluding carboxylic acids is 3. The third-order valence-electron chi connectivity index (χ3n) is 4.95. The molecule has 0 saturated carbocycles. The molecule has 156 valence electrons. The van der Waals surface area contributed by atoms with Crippen molar-refractivity contribution in [1.82, 2.24) is 10.2 Å². The van der Waals surface area contributed by atoms with Crippen molar-refractivity contribution in [1.29, 1.82) is 0 Å². The second-order valence-electron chi connectivity index (χ2n) is 7.01. The van der Waals surface area contributed by atoms with E-state index in [9.17, 15) is 14.4 Å². The van der Waals surface area contributed by atoms with Crippen LogP contribution in [0.1, 0.15) is 26.3 Å². The predicted octanol–water partition coefficient (Wildman–Crippen LogP) is 1.31. The van der Waals surface area contributed by atoms with Gasteiger partial charge >= 0.3 is 0 Å². The summed E-state index contributed by atoms with van der Waals surface area (Å²) in [6.45, 7) is 4.76. The molecule has 0 spiro atoms. The number of anilines is 1. The molecule has 2 aromatic carbocycles. The van der Waals surface area contributed by atoms with Crippen molar-refractivity contribution >= 4 is 23.4 Å². The lowest BCUT2D eigenvalue weighted by Gasteiger charge is -2.16. The fourth-order valence-electron chi connectivity index (χ4n) is 3.41. The molecule has 1 heterocycles. The molecule has 0 radical (unpaired) electrons. The smallest absolute Gasteiger partial charge is 0.256 e. The number of carbonyl (C=O) groups is 3. The summed E-state index contributed by atoms with van der Waals surface area (Å²) >= 11 is 0. The van der Waals surface area contributed by atoms with Gasteiger partial charge in [0, 0.05) is 37.0 Å². The highest BCUT2D eigenvalue weighted by molar-refractivity contribution is 6.06. The SMILES string of the molecule is C=C(CN1Cc2c(-c3cccc(C(=O)NCCOC)c3)ccc(N)c2C1=O)C(N)=O. The number of fused-ring (bicyclic) bond motifs is 1. The first kappa shape index (κ1) is 21.1. The number of rotatable bonds is 8. The van der Waals surface area contributed by atoms with Crippen LogP contribution in [-0.2, 0) is 16.1 Å². The van der Waals surface area contributed by atoms with Crippen molar-refractivity contribution in [3.63, 3.8) is 0 Å². The molecule has 2 aromatic rings. The number of nitrogens with zero attached hydrogens (tertiary/aromatic N) is 1. The van der Waals surface area contributed by atoms with Crippen LogP contribution in [0.25, 0.3) is 11.1 Å². The van der Waals surface area contributed by atoms with Crippen molar-refractivity contribution in [2.75, 3.05) is 32.5 Å². The van der Waals surface area contributed by atoms with E-state index in [4.69, 9.17) is 16.2 Å². The summed E-state index contributed by atoms with van der Waals surface area (Å²) in [5, 5.41) is 2.79. The molecule has 3 amide bonds. The van der Waals surface area contributed by atoms with Crippen LogP contribution in [-0.4, -0.2) is 49.4 Å². The van der Waals surface area contributed by atoms with Gasteiger partial charge in [-0.2, -0.15) is 0 Å². The number of nitrogens with one attached hydrogen (secondary N) is 1. The molecule has 30 heavy (non-hydrogen) atoms. The van der Waals surface area contributed by atoms with Gasteiger partial charge in [-0.05, 0) is 34.9 Å². The van der Waals surface area contributed by atoms with E-state index in [1.807, 2.05) is 12.1 Å². The minimum Gasteiger partial charge on any atom is -0.398 e. The van der Waals surface area contributed by atoms with Crippen molar-refractivity contribution in [3.8, 4) is 11.1 Å². The Balaban J connectivity index is 1.93. The van der Waals surface area contributed by atoms with Gasteiger partial charge < -0.3 is 26.4 Å². The first-order valence-corrected chi connectivity index (χ1v) is 9.39. The first-order chi connectivity index (χ1) is 14.3. The van der Waals surface area contributed by atoms with Crippen molar-refractivity contribution in [2.24, 2.45) is 5.73 Å². The zero-order valence-corrected chi connectivity index (χ0v) is 16.7. The van der Waals surface area contributed by atoms with E-state index in [0.717, 1.165) is 16.7 Å². The summed E-state index contributed by atoms with van der Waals surface area (Å²) in [5.41, 5.74) is 15.1. The Kier molecular flexibility index (Phi) is 6.17. The van der Waals surface area contributed by atoms with E-state index in [0.29, 0.717) is 30.0 Å². The lowest BCUT2D eigenvalue weighted by atomic mass is 9.94. The van der Waals surface area contributed by atoms with Crippen LogP contribution in [0.3, 0.4) is 0 Å². The van der Waals surface area contributed by atoms with E-state index in [1.54, 1.807) is 31.4 Å². The van der Waals surface area contributed by atoms with Gasteiger partial charge in [-0.3, -0.25) is 14.4 Å².